The van der Waals surface area contributed by atoms with Crippen LogP contribution < -0.4 is 4.74 Å². The molecule has 0 fully saturated rings. The highest BCUT2D eigenvalue weighted by Gasteiger charge is 2.33. The third-order valence-electron chi connectivity index (χ3n) is 6.64. The molecule has 3 rings (SSSR count). The van der Waals surface area contributed by atoms with Crippen LogP contribution in [0.2, 0.25) is 0 Å². The van der Waals surface area contributed by atoms with Crippen LogP contribution in [0.4, 0.5) is 5.69 Å². The van der Waals surface area contributed by atoms with Gasteiger partial charge in [-0.3, -0.25) is 10.1 Å². The van der Waals surface area contributed by atoms with E-state index in [1.54, 1.807) is 6.07 Å². The van der Waals surface area contributed by atoms with Crippen LogP contribution in [-0.2, 0) is 6.42 Å². The standard InChI is InChI=1S/C28H33NO6/c1-5-6-7-8-19-16-24(35-21-12-10-20(11-13-21)29(33)34)26(27(30)25(19)28(31)32)23-15-18(4)9-14-22(23)17(2)3/h10-13,15-16,22-23,30H,2,5-9,14H2,1,3-4H3,(H,31,32). The fourth-order valence-corrected chi connectivity index (χ4v) is 4.79. The number of unbranched alkanes of at least 4 members (excludes halogenated alkanes) is 2. The number of benzene rings is 2. The molecular formula is C28H33NO6. The van der Waals surface area contributed by atoms with Crippen LogP contribution in [0.25, 0.3) is 0 Å². The van der Waals surface area contributed by atoms with Crippen molar-refractivity contribution in [3.8, 4) is 17.2 Å². The predicted octanol–water partition coefficient (Wildman–Crippen LogP) is 7.54. The Morgan fingerprint density at radius 1 is 1.26 bits per heavy atom. The summed E-state index contributed by atoms with van der Waals surface area (Å²) in [5.41, 5.74) is 2.86. The molecule has 2 N–H and O–H groups in total. The summed E-state index contributed by atoms with van der Waals surface area (Å²) in [5, 5.41) is 32.5. The van der Waals surface area contributed by atoms with Gasteiger partial charge >= 0.3 is 5.97 Å². The maximum absolute atomic E-state index is 12.3. The number of nitro groups is 1. The van der Waals surface area contributed by atoms with E-state index < -0.39 is 10.9 Å². The Morgan fingerprint density at radius 3 is 2.51 bits per heavy atom. The number of hydrogen-bond acceptors (Lipinski definition) is 5. The molecule has 2 aromatic rings. The molecule has 186 valence electrons. The monoisotopic (exact) mass is 479 g/mol. The third kappa shape index (κ3) is 5.91. The van der Waals surface area contributed by atoms with Crippen molar-refractivity contribution in [2.45, 2.75) is 65.2 Å². The summed E-state index contributed by atoms with van der Waals surface area (Å²) in [4.78, 5) is 22.8. The lowest BCUT2D eigenvalue weighted by Crippen LogP contribution is -2.19. The Kier molecular flexibility index (Phi) is 8.33. The third-order valence-corrected chi connectivity index (χ3v) is 6.64. The van der Waals surface area contributed by atoms with Crippen LogP contribution in [0.1, 0.15) is 80.3 Å². The van der Waals surface area contributed by atoms with Crippen LogP contribution in [0.5, 0.6) is 17.2 Å². The van der Waals surface area contributed by atoms with E-state index in [4.69, 9.17) is 4.74 Å². The first-order valence-corrected chi connectivity index (χ1v) is 12.0. The number of aryl methyl sites for hydroxylation is 1. The van der Waals surface area contributed by atoms with Crippen molar-refractivity contribution in [2.24, 2.45) is 5.92 Å². The molecule has 0 heterocycles. The topological polar surface area (TPSA) is 110 Å². The molecule has 7 heteroatoms. The van der Waals surface area contributed by atoms with Gasteiger partial charge in [-0.1, -0.05) is 43.6 Å². The van der Waals surface area contributed by atoms with Crippen LogP contribution in [0.3, 0.4) is 0 Å². The average Bonchev–Trinajstić information content (AvgIpc) is 2.79. The zero-order valence-corrected chi connectivity index (χ0v) is 20.5. The molecule has 0 radical (unpaired) electrons. The average molecular weight is 480 g/mol. The smallest absolute Gasteiger partial charge is 0.339 e. The van der Waals surface area contributed by atoms with Gasteiger partial charge in [-0.15, -0.1) is 0 Å². The van der Waals surface area contributed by atoms with Gasteiger partial charge in [0.05, 0.1) is 4.92 Å². The molecule has 0 spiro atoms. The molecule has 0 aromatic heterocycles. The molecule has 35 heavy (non-hydrogen) atoms. The number of hydrogen-bond donors (Lipinski definition) is 2. The largest absolute Gasteiger partial charge is 0.507 e. The van der Waals surface area contributed by atoms with Gasteiger partial charge < -0.3 is 14.9 Å². The van der Waals surface area contributed by atoms with E-state index in [1.807, 2.05) is 13.8 Å². The number of aromatic hydroxyl groups is 1. The fourth-order valence-electron chi connectivity index (χ4n) is 4.79. The first-order valence-electron chi connectivity index (χ1n) is 12.0. The second-order valence-corrected chi connectivity index (χ2v) is 9.32. The van der Waals surface area contributed by atoms with Gasteiger partial charge in [-0.05, 0) is 69.2 Å². The van der Waals surface area contributed by atoms with Gasteiger partial charge in [0.25, 0.3) is 5.69 Å². The molecule has 0 bridgehead atoms. The Balaban J connectivity index is 2.20. The fraction of sp³-hybridized carbons (Fsp3) is 0.393. The van der Waals surface area contributed by atoms with E-state index in [0.717, 1.165) is 43.3 Å². The first kappa shape index (κ1) is 26.0. The summed E-state index contributed by atoms with van der Waals surface area (Å²) in [6, 6.07) is 7.41. The van der Waals surface area contributed by atoms with Gasteiger partial charge in [-0.2, -0.15) is 0 Å². The van der Waals surface area contributed by atoms with Crippen LogP contribution in [-0.4, -0.2) is 21.1 Å². The lowest BCUT2D eigenvalue weighted by molar-refractivity contribution is -0.384. The van der Waals surface area contributed by atoms with Crippen molar-refractivity contribution < 1.29 is 24.7 Å². The number of non-ortho nitro benzene ring substituents is 1. The number of aromatic carboxylic acids is 1. The van der Waals surface area contributed by atoms with Gasteiger partial charge in [0.2, 0.25) is 0 Å². The second-order valence-electron chi connectivity index (χ2n) is 9.32. The molecule has 0 aliphatic heterocycles. The molecule has 2 unspecified atom stereocenters. The summed E-state index contributed by atoms with van der Waals surface area (Å²) in [6.07, 6.45) is 6.97. The molecular weight excluding hydrogens is 446 g/mol. The highest BCUT2D eigenvalue weighted by molar-refractivity contribution is 5.94. The van der Waals surface area contributed by atoms with E-state index in [2.05, 4.69) is 19.6 Å². The number of rotatable bonds is 10. The zero-order valence-electron chi connectivity index (χ0n) is 20.5. The highest BCUT2D eigenvalue weighted by atomic mass is 16.6. The molecule has 2 aromatic carbocycles. The van der Waals surface area contributed by atoms with Crippen LogP contribution in [0.15, 0.2) is 54.1 Å². The maximum atomic E-state index is 12.3. The van der Waals surface area contributed by atoms with Gasteiger partial charge in [0.15, 0.2) is 0 Å². The Morgan fingerprint density at radius 2 is 1.94 bits per heavy atom. The molecule has 0 saturated heterocycles. The molecule has 7 nitrogen and oxygen atoms in total. The predicted molar refractivity (Wildman–Crippen MR) is 136 cm³/mol. The van der Waals surface area contributed by atoms with E-state index in [1.165, 1.54) is 24.3 Å². The number of ether oxygens (including phenoxy) is 1. The minimum Gasteiger partial charge on any atom is -0.507 e. The van der Waals surface area contributed by atoms with Gasteiger partial charge in [-0.25, -0.2) is 4.79 Å². The van der Waals surface area contributed by atoms with Crippen molar-refractivity contribution in [2.75, 3.05) is 0 Å². The summed E-state index contributed by atoms with van der Waals surface area (Å²) in [6.45, 7) is 10.2. The van der Waals surface area contributed by atoms with Crippen molar-refractivity contribution >= 4 is 11.7 Å². The second kappa shape index (κ2) is 11.2. The van der Waals surface area contributed by atoms with Crippen molar-refractivity contribution in [1.29, 1.82) is 0 Å². The van der Waals surface area contributed by atoms with E-state index >= 15 is 0 Å². The molecule has 2 atom stereocenters. The van der Waals surface area contributed by atoms with Gasteiger partial charge in [0.1, 0.15) is 22.8 Å². The maximum Gasteiger partial charge on any atom is 0.339 e. The minimum absolute atomic E-state index is 0.0106. The quantitative estimate of drug-likeness (QED) is 0.158. The lowest BCUT2D eigenvalue weighted by Gasteiger charge is -2.32. The van der Waals surface area contributed by atoms with Crippen LogP contribution >= 0.6 is 0 Å². The number of allylic oxidation sites excluding steroid dienone is 3. The van der Waals surface area contributed by atoms with Crippen molar-refractivity contribution in [1.82, 2.24) is 0 Å². The normalized spacial score (nSPS) is 17.5. The summed E-state index contributed by atoms with van der Waals surface area (Å²) in [7, 11) is 0. The minimum atomic E-state index is -1.18. The van der Waals surface area contributed by atoms with E-state index in [0.29, 0.717) is 29.0 Å². The van der Waals surface area contributed by atoms with E-state index in [9.17, 15) is 25.1 Å². The molecule has 0 saturated carbocycles. The number of carbonyl (C=O) groups is 1. The Bertz CT molecular complexity index is 1150. The van der Waals surface area contributed by atoms with Crippen LogP contribution in [0, 0.1) is 16.0 Å². The Hall–Kier alpha value is -3.61. The van der Waals surface area contributed by atoms with Crippen molar-refractivity contribution in [3.63, 3.8) is 0 Å². The summed E-state index contributed by atoms with van der Waals surface area (Å²) in [5.74, 6) is -1.04. The molecule has 1 aliphatic rings. The summed E-state index contributed by atoms with van der Waals surface area (Å²) >= 11 is 0. The number of nitrogens with zero attached hydrogens (tertiary/aromatic N) is 1. The molecule has 1 aliphatic carbocycles. The number of carboxylic acid groups (broad SMARTS) is 1. The number of carboxylic acids is 1. The SMILES string of the molecule is C=C(C)C1CCC(C)=CC1c1c(Oc2ccc([N+](=O)[O-])cc2)cc(CCCCC)c(C(=O)O)c1O. The first-order chi connectivity index (χ1) is 16.6. The zero-order chi connectivity index (χ0) is 25.7. The molecule has 0 amide bonds. The van der Waals surface area contributed by atoms with Crippen molar-refractivity contribution in [3.05, 3.63) is 80.9 Å². The summed E-state index contributed by atoms with van der Waals surface area (Å²) < 4.78 is 6.19. The highest BCUT2D eigenvalue weighted by Crippen LogP contribution is 2.49. The number of nitro benzene ring substituents is 1. The van der Waals surface area contributed by atoms with E-state index in [-0.39, 0.29) is 28.8 Å². The van der Waals surface area contributed by atoms with Gasteiger partial charge in [0, 0.05) is 23.6 Å². The number of phenols is 1. The Labute approximate surface area is 205 Å². The lowest BCUT2D eigenvalue weighted by atomic mass is 9.73.